The number of hydrogen-bond donors (Lipinski definition) is 1. The highest BCUT2D eigenvalue weighted by atomic mass is 14.9. The SMILES string of the molecule is CC(C)CCNC1CCC(C#N)CC1. The summed E-state index contributed by atoms with van der Waals surface area (Å²) in [6.07, 6.45) is 5.83. The van der Waals surface area contributed by atoms with Crippen molar-refractivity contribution in [2.75, 3.05) is 6.54 Å². The van der Waals surface area contributed by atoms with Gasteiger partial charge in [0.05, 0.1) is 6.07 Å². The van der Waals surface area contributed by atoms with Crippen molar-refractivity contribution in [3.05, 3.63) is 0 Å². The lowest BCUT2D eigenvalue weighted by atomic mass is 9.87. The van der Waals surface area contributed by atoms with Crippen LogP contribution < -0.4 is 5.32 Å². The zero-order valence-electron chi connectivity index (χ0n) is 9.42. The predicted octanol–water partition coefficient (Wildman–Crippen LogP) is 2.70. The van der Waals surface area contributed by atoms with Crippen LogP contribution in [0, 0.1) is 23.2 Å². The van der Waals surface area contributed by atoms with E-state index in [1.54, 1.807) is 0 Å². The van der Waals surface area contributed by atoms with Gasteiger partial charge in [-0.25, -0.2) is 0 Å². The summed E-state index contributed by atoms with van der Waals surface area (Å²) in [5, 5.41) is 12.3. The Morgan fingerprint density at radius 2 is 1.93 bits per heavy atom. The van der Waals surface area contributed by atoms with Crippen molar-refractivity contribution in [2.45, 2.75) is 52.0 Å². The molecule has 0 aromatic rings. The maximum atomic E-state index is 8.76. The van der Waals surface area contributed by atoms with E-state index in [1.165, 1.54) is 19.3 Å². The van der Waals surface area contributed by atoms with Crippen LogP contribution in [0.4, 0.5) is 0 Å². The van der Waals surface area contributed by atoms with Crippen molar-refractivity contribution in [1.82, 2.24) is 5.32 Å². The first-order valence-electron chi connectivity index (χ1n) is 5.85. The maximum absolute atomic E-state index is 8.76. The molecule has 2 heteroatoms. The summed E-state index contributed by atoms with van der Waals surface area (Å²) in [7, 11) is 0. The highest BCUT2D eigenvalue weighted by Gasteiger charge is 2.19. The summed E-state index contributed by atoms with van der Waals surface area (Å²) >= 11 is 0. The molecule has 0 aliphatic heterocycles. The third-order valence-electron chi connectivity index (χ3n) is 3.06. The van der Waals surface area contributed by atoms with Gasteiger partial charge in [0.25, 0.3) is 0 Å². The van der Waals surface area contributed by atoms with Crippen LogP contribution in [-0.4, -0.2) is 12.6 Å². The summed E-state index contributed by atoms with van der Waals surface area (Å²) in [5.41, 5.74) is 0. The topological polar surface area (TPSA) is 35.8 Å². The van der Waals surface area contributed by atoms with Gasteiger partial charge >= 0.3 is 0 Å². The van der Waals surface area contributed by atoms with Crippen molar-refractivity contribution in [1.29, 1.82) is 5.26 Å². The molecule has 0 aromatic carbocycles. The van der Waals surface area contributed by atoms with E-state index in [4.69, 9.17) is 5.26 Å². The fraction of sp³-hybridized carbons (Fsp3) is 0.917. The zero-order valence-corrected chi connectivity index (χ0v) is 9.42. The van der Waals surface area contributed by atoms with Gasteiger partial charge in [-0.1, -0.05) is 13.8 Å². The molecule has 0 aromatic heterocycles. The maximum Gasteiger partial charge on any atom is 0.0655 e. The number of nitrogens with one attached hydrogen (secondary N) is 1. The Morgan fingerprint density at radius 3 is 2.43 bits per heavy atom. The highest BCUT2D eigenvalue weighted by Crippen LogP contribution is 2.23. The first kappa shape index (κ1) is 11.5. The molecule has 0 bridgehead atoms. The summed E-state index contributed by atoms with van der Waals surface area (Å²) in [6.45, 7) is 5.65. The van der Waals surface area contributed by atoms with E-state index in [-0.39, 0.29) is 0 Å². The molecule has 0 amide bonds. The van der Waals surface area contributed by atoms with Gasteiger partial charge in [-0.05, 0) is 44.6 Å². The lowest BCUT2D eigenvalue weighted by Gasteiger charge is -2.26. The first-order valence-corrected chi connectivity index (χ1v) is 5.85. The lowest BCUT2D eigenvalue weighted by molar-refractivity contribution is 0.326. The molecule has 0 unspecified atom stereocenters. The van der Waals surface area contributed by atoms with Gasteiger partial charge < -0.3 is 5.32 Å². The Morgan fingerprint density at radius 1 is 1.29 bits per heavy atom. The molecule has 1 N–H and O–H groups in total. The predicted molar refractivity (Wildman–Crippen MR) is 58.8 cm³/mol. The fourth-order valence-electron chi connectivity index (χ4n) is 2.00. The van der Waals surface area contributed by atoms with E-state index in [0.29, 0.717) is 12.0 Å². The monoisotopic (exact) mass is 194 g/mol. The first-order chi connectivity index (χ1) is 6.72. The third-order valence-corrected chi connectivity index (χ3v) is 3.06. The molecule has 1 aliphatic carbocycles. The quantitative estimate of drug-likeness (QED) is 0.747. The Labute approximate surface area is 87.7 Å². The number of nitriles is 1. The highest BCUT2D eigenvalue weighted by molar-refractivity contribution is 4.88. The van der Waals surface area contributed by atoms with E-state index >= 15 is 0 Å². The molecule has 0 radical (unpaired) electrons. The van der Waals surface area contributed by atoms with Gasteiger partial charge in [0.1, 0.15) is 0 Å². The van der Waals surface area contributed by atoms with E-state index in [9.17, 15) is 0 Å². The zero-order chi connectivity index (χ0) is 10.4. The molecular weight excluding hydrogens is 172 g/mol. The van der Waals surface area contributed by atoms with Crippen LogP contribution in [-0.2, 0) is 0 Å². The van der Waals surface area contributed by atoms with E-state index in [2.05, 4.69) is 25.2 Å². The minimum atomic E-state index is 0.332. The van der Waals surface area contributed by atoms with Crippen molar-refractivity contribution >= 4 is 0 Å². The van der Waals surface area contributed by atoms with Crippen LogP contribution in [0.5, 0.6) is 0 Å². The van der Waals surface area contributed by atoms with Gasteiger partial charge in [0.15, 0.2) is 0 Å². The van der Waals surface area contributed by atoms with Crippen molar-refractivity contribution in [3.63, 3.8) is 0 Å². The van der Waals surface area contributed by atoms with Crippen LogP contribution in [0.2, 0.25) is 0 Å². The van der Waals surface area contributed by atoms with Crippen LogP contribution >= 0.6 is 0 Å². The van der Waals surface area contributed by atoms with Gasteiger partial charge in [0, 0.05) is 12.0 Å². The molecule has 0 spiro atoms. The minimum absolute atomic E-state index is 0.332. The smallest absolute Gasteiger partial charge is 0.0655 e. The molecule has 0 heterocycles. The normalized spacial score (nSPS) is 27.6. The Hall–Kier alpha value is -0.550. The molecule has 1 saturated carbocycles. The van der Waals surface area contributed by atoms with Crippen LogP contribution in [0.3, 0.4) is 0 Å². The Kier molecular flexibility index (Phi) is 4.97. The van der Waals surface area contributed by atoms with Crippen LogP contribution in [0.15, 0.2) is 0 Å². The molecular formula is C12H22N2. The van der Waals surface area contributed by atoms with E-state index in [1.807, 2.05) is 0 Å². The van der Waals surface area contributed by atoms with Gasteiger partial charge in [-0.15, -0.1) is 0 Å². The van der Waals surface area contributed by atoms with Gasteiger partial charge in [-0.2, -0.15) is 5.26 Å². The number of hydrogen-bond acceptors (Lipinski definition) is 2. The standard InChI is InChI=1S/C12H22N2/c1-10(2)7-8-14-12-5-3-11(9-13)4-6-12/h10-12,14H,3-8H2,1-2H3. The summed E-state index contributed by atoms with van der Waals surface area (Å²) in [4.78, 5) is 0. The molecule has 14 heavy (non-hydrogen) atoms. The molecule has 0 saturated heterocycles. The summed E-state index contributed by atoms with van der Waals surface area (Å²) < 4.78 is 0. The average molecular weight is 194 g/mol. The van der Waals surface area contributed by atoms with Gasteiger partial charge in [0.2, 0.25) is 0 Å². The van der Waals surface area contributed by atoms with Crippen molar-refractivity contribution in [3.8, 4) is 6.07 Å². The molecule has 80 valence electrons. The van der Waals surface area contributed by atoms with Crippen molar-refractivity contribution in [2.24, 2.45) is 11.8 Å². The molecule has 0 atom stereocenters. The van der Waals surface area contributed by atoms with Crippen LogP contribution in [0.25, 0.3) is 0 Å². The fourth-order valence-corrected chi connectivity index (χ4v) is 2.00. The average Bonchev–Trinajstić information content (AvgIpc) is 2.18. The Bertz CT molecular complexity index is 185. The minimum Gasteiger partial charge on any atom is -0.314 e. The summed E-state index contributed by atoms with van der Waals surface area (Å²) in [6, 6.07) is 3.05. The molecule has 1 aliphatic rings. The largest absolute Gasteiger partial charge is 0.314 e. The van der Waals surface area contributed by atoms with E-state index < -0.39 is 0 Å². The Balaban J connectivity index is 2.08. The second-order valence-electron chi connectivity index (χ2n) is 4.81. The van der Waals surface area contributed by atoms with Crippen molar-refractivity contribution < 1.29 is 0 Å². The molecule has 2 nitrogen and oxygen atoms in total. The number of rotatable bonds is 4. The van der Waals surface area contributed by atoms with Gasteiger partial charge in [-0.3, -0.25) is 0 Å². The van der Waals surface area contributed by atoms with Crippen LogP contribution in [0.1, 0.15) is 46.0 Å². The molecule has 1 rings (SSSR count). The number of nitrogens with zero attached hydrogens (tertiary/aromatic N) is 1. The lowest BCUT2D eigenvalue weighted by Crippen LogP contribution is -2.34. The van der Waals surface area contributed by atoms with E-state index in [0.717, 1.165) is 25.3 Å². The second kappa shape index (κ2) is 6.03. The second-order valence-corrected chi connectivity index (χ2v) is 4.81. The third kappa shape index (κ3) is 4.11. The summed E-state index contributed by atoms with van der Waals surface area (Å²) in [5.74, 6) is 1.12. The molecule has 1 fully saturated rings.